The van der Waals surface area contributed by atoms with Crippen LogP contribution in [0, 0.1) is 0 Å². The van der Waals surface area contributed by atoms with Gasteiger partial charge >= 0.3 is 5.97 Å². The minimum absolute atomic E-state index is 0.301. The second-order valence-electron chi connectivity index (χ2n) is 3.97. The minimum atomic E-state index is -0.462. The molecule has 1 aliphatic heterocycles. The maximum atomic E-state index is 11.4. The van der Waals surface area contributed by atoms with E-state index in [1.54, 1.807) is 12.4 Å². The second kappa shape index (κ2) is 5.75. The molecule has 1 saturated heterocycles. The Kier molecular flexibility index (Phi) is 4.06. The summed E-state index contributed by atoms with van der Waals surface area (Å²) in [4.78, 5) is 17.5. The number of methoxy groups -OCH3 is 1. The highest BCUT2D eigenvalue weighted by atomic mass is 16.6. The van der Waals surface area contributed by atoms with Crippen molar-refractivity contribution in [3.8, 4) is 0 Å². The van der Waals surface area contributed by atoms with Crippen LogP contribution in [0.4, 0.5) is 0 Å². The maximum Gasteiger partial charge on any atom is 0.336 e. The van der Waals surface area contributed by atoms with Gasteiger partial charge in [0.25, 0.3) is 0 Å². The first-order chi connectivity index (χ1) is 8.29. The lowest BCUT2D eigenvalue weighted by Crippen LogP contribution is -2.46. The van der Waals surface area contributed by atoms with E-state index >= 15 is 0 Å². The van der Waals surface area contributed by atoms with Crippen LogP contribution in [-0.2, 0) is 20.8 Å². The average Bonchev–Trinajstić information content (AvgIpc) is 2.39. The molecule has 0 aliphatic carbocycles. The molecule has 1 aromatic rings. The minimum Gasteiger partial charge on any atom is -0.467 e. The molecular weight excluding hydrogens is 220 g/mol. The summed E-state index contributed by atoms with van der Waals surface area (Å²) in [6, 6.07) is 3.95. The van der Waals surface area contributed by atoms with Crippen LogP contribution in [0.3, 0.4) is 0 Å². The van der Waals surface area contributed by atoms with E-state index in [0.717, 1.165) is 13.1 Å². The number of aromatic nitrogens is 1. The summed E-state index contributed by atoms with van der Waals surface area (Å²) in [6.07, 6.45) is 3.08. The lowest BCUT2D eigenvalue weighted by molar-refractivity contribution is -0.160. The van der Waals surface area contributed by atoms with Gasteiger partial charge in [-0.25, -0.2) is 4.79 Å². The van der Waals surface area contributed by atoms with Gasteiger partial charge in [0.15, 0.2) is 6.10 Å². The van der Waals surface area contributed by atoms with Gasteiger partial charge in [0, 0.05) is 32.0 Å². The van der Waals surface area contributed by atoms with Crippen LogP contribution in [-0.4, -0.2) is 48.8 Å². The highest BCUT2D eigenvalue weighted by Crippen LogP contribution is 2.10. The van der Waals surface area contributed by atoms with Crippen LogP contribution in [0.1, 0.15) is 5.56 Å². The van der Waals surface area contributed by atoms with Crippen LogP contribution in [0.15, 0.2) is 24.5 Å². The Hall–Kier alpha value is -1.46. The van der Waals surface area contributed by atoms with Gasteiger partial charge in [-0.1, -0.05) is 0 Å². The summed E-state index contributed by atoms with van der Waals surface area (Å²) in [5, 5.41) is 0. The van der Waals surface area contributed by atoms with E-state index in [4.69, 9.17) is 4.74 Å². The normalized spacial score (nSPS) is 21.1. The lowest BCUT2D eigenvalue weighted by Gasteiger charge is -2.31. The fourth-order valence-corrected chi connectivity index (χ4v) is 1.87. The van der Waals surface area contributed by atoms with E-state index < -0.39 is 6.10 Å². The van der Waals surface area contributed by atoms with Crippen molar-refractivity contribution in [1.29, 1.82) is 0 Å². The van der Waals surface area contributed by atoms with Crippen LogP contribution in [0.5, 0.6) is 0 Å². The zero-order chi connectivity index (χ0) is 12.1. The summed E-state index contributed by atoms with van der Waals surface area (Å²) in [5.41, 5.74) is 1.19. The molecule has 5 heteroatoms. The summed E-state index contributed by atoms with van der Waals surface area (Å²) in [5.74, 6) is -0.301. The summed E-state index contributed by atoms with van der Waals surface area (Å²) in [6.45, 7) is 2.77. The van der Waals surface area contributed by atoms with Crippen molar-refractivity contribution in [1.82, 2.24) is 9.88 Å². The molecule has 92 valence electrons. The molecule has 0 spiro atoms. The molecule has 1 fully saturated rings. The van der Waals surface area contributed by atoms with Crippen molar-refractivity contribution in [2.75, 3.05) is 26.8 Å². The molecule has 0 aromatic carbocycles. The van der Waals surface area contributed by atoms with Gasteiger partial charge < -0.3 is 9.47 Å². The highest BCUT2D eigenvalue weighted by molar-refractivity contribution is 5.74. The molecule has 1 atom stereocenters. The van der Waals surface area contributed by atoms with Crippen molar-refractivity contribution in [3.05, 3.63) is 30.1 Å². The Bertz CT molecular complexity index is 369. The summed E-state index contributed by atoms with van der Waals surface area (Å²) < 4.78 is 10.1. The number of carbonyl (C=O) groups excluding carboxylic acids is 1. The van der Waals surface area contributed by atoms with E-state index in [1.165, 1.54) is 12.7 Å². The van der Waals surface area contributed by atoms with Crippen molar-refractivity contribution in [2.45, 2.75) is 12.6 Å². The Morgan fingerprint density at radius 1 is 1.59 bits per heavy atom. The molecule has 2 rings (SSSR count). The molecule has 1 aliphatic rings. The van der Waals surface area contributed by atoms with Gasteiger partial charge in [-0.05, 0) is 17.7 Å². The SMILES string of the molecule is COC(=O)C1CN(Cc2ccncc2)CCO1. The smallest absolute Gasteiger partial charge is 0.336 e. The van der Waals surface area contributed by atoms with E-state index in [9.17, 15) is 4.79 Å². The maximum absolute atomic E-state index is 11.4. The monoisotopic (exact) mass is 236 g/mol. The molecule has 0 bridgehead atoms. The molecular formula is C12H16N2O3. The van der Waals surface area contributed by atoms with Gasteiger partial charge in [0.1, 0.15) is 0 Å². The van der Waals surface area contributed by atoms with Gasteiger partial charge in [0.05, 0.1) is 13.7 Å². The largest absolute Gasteiger partial charge is 0.467 e. The Balaban J connectivity index is 1.92. The summed E-state index contributed by atoms with van der Waals surface area (Å²) in [7, 11) is 1.38. The number of carbonyl (C=O) groups is 1. The number of pyridine rings is 1. The number of hydrogen-bond donors (Lipinski definition) is 0. The fraction of sp³-hybridized carbons (Fsp3) is 0.500. The second-order valence-corrected chi connectivity index (χ2v) is 3.97. The van der Waals surface area contributed by atoms with Crippen LogP contribution in [0.2, 0.25) is 0 Å². The first-order valence-electron chi connectivity index (χ1n) is 5.60. The molecule has 0 amide bonds. The standard InChI is InChI=1S/C12H16N2O3/c1-16-12(15)11-9-14(6-7-17-11)8-10-2-4-13-5-3-10/h2-5,11H,6-9H2,1H3. The van der Waals surface area contributed by atoms with Crippen LogP contribution in [0.25, 0.3) is 0 Å². The van der Waals surface area contributed by atoms with E-state index in [1.807, 2.05) is 12.1 Å². The van der Waals surface area contributed by atoms with E-state index in [-0.39, 0.29) is 5.97 Å². The fourth-order valence-electron chi connectivity index (χ4n) is 1.87. The molecule has 1 unspecified atom stereocenters. The number of nitrogens with zero attached hydrogens (tertiary/aromatic N) is 2. The van der Waals surface area contributed by atoms with Crippen LogP contribution >= 0.6 is 0 Å². The predicted octanol–water partition coefficient (Wildman–Crippen LogP) is 0.455. The number of rotatable bonds is 3. The molecule has 0 saturated carbocycles. The zero-order valence-electron chi connectivity index (χ0n) is 9.83. The molecule has 5 nitrogen and oxygen atoms in total. The number of hydrogen-bond acceptors (Lipinski definition) is 5. The zero-order valence-corrected chi connectivity index (χ0v) is 9.83. The molecule has 0 N–H and O–H groups in total. The number of ether oxygens (including phenoxy) is 2. The van der Waals surface area contributed by atoms with Crippen molar-refractivity contribution in [3.63, 3.8) is 0 Å². The van der Waals surface area contributed by atoms with Crippen molar-refractivity contribution in [2.24, 2.45) is 0 Å². The van der Waals surface area contributed by atoms with Gasteiger partial charge in [-0.15, -0.1) is 0 Å². The molecule has 2 heterocycles. The first kappa shape index (κ1) is 12.0. The lowest BCUT2D eigenvalue weighted by atomic mass is 10.2. The highest BCUT2D eigenvalue weighted by Gasteiger charge is 2.27. The number of morpholine rings is 1. The quantitative estimate of drug-likeness (QED) is 0.713. The first-order valence-corrected chi connectivity index (χ1v) is 5.60. The third-order valence-electron chi connectivity index (χ3n) is 2.77. The van der Waals surface area contributed by atoms with Crippen molar-refractivity contribution >= 4 is 5.97 Å². The Labute approximate surface area is 100 Å². The molecule has 1 aromatic heterocycles. The van der Waals surface area contributed by atoms with E-state index in [2.05, 4.69) is 14.6 Å². The number of esters is 1. The molecule has 17 heavy (non-hydrogen) atoms. The van der Waals surface area contributed by atoms with Gasteiger partial charge in [0.2, 0.25) is 0 Å². The topological polar surface area (TPSA) is 51.7 Å². The van der Waals surface area contributed by atoms with E-state index in [0.29, 0.717) is 13.2 Å². The van der Waals surface area contributed by atoms with Gasteiger partial charge in [-0.3, -0.25) is 9.88 Å². The average molecular weight is 236 g/mol. The third kappa shape index (κ3) is 3.25. The van der Waals surface area contributed by atoms with Gasteiger partial charge in [-0.2, -0.15) is 0 Å². The van der Waals surface area contributed by atoms with Crippen LogP contribution < -0.4 is 0 Å². The predicted molar refractivity (Wildman–Crippen MR) is 61.3 cm³/mol. The Morgan fingerprint density at radius 2 is 2.35 bits per heavy atom. The molecule has 0 radical (unpaired) electrons. The third-order valence-corrected chi connectivity index (χ3v) is 2.77. The van der Waals surface area contributed by atoms with Crippen molar-refractivity contribution < 1.29 is 14.3 Å². The summed E-state index contributed by atoms with van der Waals surface area (Å²) >= 11 is 0. The Morgan fingerprint density at radius 3 is 3.06 bits per heavy atom.